The second-order valence-electron chi connectivity index (χ2n) is 4.50. The normalized spacial score (nSPS) is 14.1. The maximum Gasteiger partial charge on any atom is 0.338 e. The van der Waals surface area contributed by atoms with Crippen LogP contribution in [0, 0.1) is 10.1 Å². The van der Waals surface area contributed by atoms with Crippen molar-refractivity contribution in [1.29, 1.82) is 0 Å². The molecule has 0 saturated heterocycles. The molecule has 1 fully saturated rings. The molecule has 6 nitrogen and oxygen atoms in total. The third-order valence-electron chi connectivity index (χ3n) is 2.88. The number of nitro benzene ring substituents is 1. The number of rotatable bonds is 6. The van der Waals surface area contributed by atoms with Crippen molar-refractivity contribution in [3.63, 3.8) is 0 Å². The zero-order valence-corrected chi connectivity index (χ0v) is 14.3. The van der Waals surface area contributed by atoms with Gasteiger partial charge in [-0.25, -0.2) is 4.79 Å². The van der Waals surface area contributed by atoms with Gasteiger partial charge in [-0.05, 0) is 25.3 Å². The minimum atomic E-state index is -0.535. The molecule has 8 heteroatoms. The van der Waals surface area contributed by atoms with Crippen molar-refractivity contribution in [3.05, 3.63) is 33.4 Å². The first-order chi connectivity index (χ1) is 9.93. The lowest BCUT2D eigenvalue weighted by Crippen LogP contribution is -2.10. The number of ether oxygens (including phenoxy) is 2. The van der Waals surface area contributed by atoms with Gasteiger partial charge in [-0.1, -0.05) is 31.9 Å². The molecular weight excluding hydrogens is 410 g/mol. The highest BCUT2D eigenvalue weighted by molar-refractivity contribution is 9.24. The Labute approximate surface area is 138 Å². The minimum Gasteiger partial charge on any atom is -0.483 e. The van der Waals surface area contributed by atoms with Crippen molar-refractivity contribution in [2.45, 2.75) is 29.6 Å². The van der Waals surface area contributed by atoms with Crippen molar-refractivity contribution in [2.75, 3.05) is 6.61 Å². The number of nitro groups is 1. The van der Waals surface area contributed by atoms with Crippen LogP contribution in [0.2, 0.25) is 0 Å². The van der Waals surface area contributed by atoms with Gasteiger partial charge in [0.1, 0.15) is 0 Å². The third-order valence-corrected chi connectivity index (χ3v) is 3.86. The highest BCUT2D eigenvalue weighted by Gasteiger charge is 2.30. The first kappa shape index (κ1) is 16.2. The molecule has 114 valence electrons. The number of halogens is 2. The number of hydrogen-bond acceptors (Lipinski definition) is 5. The van der Waals surface area contributed by atoms with E-state index in [4.69, 9.17) is 9.47 Å². The molecule has 0 aromatic heterocycles. The lowest BCUT2D eigenvalue weighted by Gasteiger charge is -2.13. The van der Waals surface area contributed by atoms with Gasteiger partial charge < -0.3 is 9.47 Å². The Morgan fingerprint density at radius 1 is 1.48 bits per heavy atom. The first-order valence-electron chi connectivity index (χ1n) is 6.38. The molecule has 21 heavy (non-hydrogen) atoms. The number of alkyl halides is 2. The molecule has 2 rings (SSSR count). The summed E-state index contributed by atoms with van der Waals surface area (Å²) in [5.74, 6) is -0.429. The van der Waals surface area contributed by atoms with Crippen LogP contribution in [0.25, 0.3) is 0 Å². The molecule has 0 heterocycles. The van der Waals surface area contributed by atoms with E-state index >= 15 is 0 Å². The second kappa shape index (κ2) is 6.74. The van der Waals surface area contributed by atoms with Gasteiger partial charge in [0, 0.05) is 12.1 Å². The van der Waals surface area contributed by atoms with Crippen molar-refractivity contribution in [3.8, 4) is 5.75 Å². The van der Waals surface area contributed by atoms with Crippen molar-refractivity contribution in [2.24, 2.45) is 0 Å². The van der Waals surface area contributed by atoms with Crippen LogP contribution in [-0.2, 0) is 4.74 Å². The van der Waals surface area contributed by atoms with Gasteiger partial charge in [0.25, 0.3) is 0 Å². The second-order valence-corrected chi connectivity index (χ2v) is 7.56. The Hall–Kier alpha value is -1.15. The van der Waals surface area contributed by atoms with Crippen LogP contribution in [0.15, 0.2) is 12.1 Å². The molecule has 1 aromatic rings. The molecule has 0 radical (unpaired) electrons. The van der Waals surface area contributed by atoms with Crippen molar-refractivity contribution in [1.82, 2.24) is 0 Å². The van der Waals surface area contributed by atoms with E-state index in [1.807, 2.05) is 0 Å². The minimum absolute atomic E-state index is 0.00617. The third kappa shape index (κ3) is 3.94. The number of carbonyl (C=O) groups excluding carboxylic acids is 1. The summed E-state index contributed by atoms with van der Waals surface area (Å²) in [5.41, 5.74) is 0.522. The fraction of sp³-hybridized carbons (Fsp3) is 0.462. The zero-order valence-electron chi connectivity index (χ0n) is 11.2. The molecule has 0 amide bonds. The monoisotopic (exact) mass is 421 g/mol. The molecule has 0 spiro atoms. The highest BCUT2D eigenvalue weighted by atomic mass is 79.9. The van der Waals surface area contributed by atoms with Gasteiger partial charge in [-0.3, -0.25) is 10.1 Å². The summed E-state index contributed by atoms with van der Waals surface area (Å²) in [4.78, 5) is 22.7. The van der Waals surface area contributed by atoms with Crippen LogP contribution >= 0.6 is 31.9 Å². The first-order valence-corrected chi connectivity index (χ1v) is 8.21. The molecule has 1 aliphatic rings. The van der Waals surface area contributed by atoms with Gasteiger partial charge in [0.2, 0.25) is 0 Å². The van der Waals surface area contributed by atoms with E-state index in [9.17, 15) is 14.9 Å². The van der Waals surface area contributed by atoms with Gasteiger partial charge in [0.15, 0.2) is 5.75 Å². The maximum absolute atomic E-state index is 12.0. The molecule has 0 unspecified atom stereocenters. The summed E-state index contributed by atoms with van der Waals surface area (Å²) in [7, 11) is 0. The van der Waals surface area contributed by atoms with Crippen LogP contribution in [-0.4, -0.2) is 23.6 Å². The SMILES string of the molecule is CCOC(=O)c1cc(OC2CC2)c([N+](=O)[O-])cc1C(Br)Br. The Balaban J connectivity index is 2.50. The quantitative estimate of drug-likeness (QED) is 0.298. The van der Waals surface area contributed by atoms with Crippen molar-refractivity contribution < 1.29 is 19.2 Å². The molecule has 0 N–H and O–H groups in total. The standard InChI is InChI=1S/C13H13Br2NO5/c1-2-20-13(17)9-6-11(21-7-3-4-7)10(16(18)19)5-8(9)12(14)15/h5-7,12H,2-4H2,1H3. The van der Waals surface area contributed by atoms with E-state index < -0.39 is 14.6 Å². The summed E-state index contributed by atoms with van der Waals surface area (Å²) in [6.07, 6.45) is 1.73. The Morgan fingerprint density at radius 3 is 2.62 bits per heavy atom. The number of benzene rings is 1. The Bertz CT molecular complexity index is 572. The smallest absolute Gasteiger partial charge is 0.338 e. The molecule has 1 aliphatic carbocycles. The number of nitrogens with zero attached hydrogens (tertiary/aromatic N) is 1. The maximum atomic E-state index is 12.0. The lowest BCUT2D eigenvalue weighted by atomic mass is 10.1. The molecule has 1 aromatic carbocycles. The van der Waals surface area contributed by atoms with Gasteiger partial charge in [-0.15, -0.1) is 0 Å². The van der Waals surface area contributed by atoms with E-state index in [-0.39, 0.29) is 29.7 Å². The number of hydrogen-bond donors (Lipinski definition) is 0. The zero-order chi connectivity index (χ0) is 15.6. The summed E-state index contributed by atoms with van der Waals surface area (Å²) in [5, 5.41) is 11.2. The number of esters is 1. The van der Waals surface area contributed by atoms with Crippen LogP contribution in [0.3, 0.4) is 0 Å². The van der Waals surface area contributed by atoms with E-state index in [1.54, 1.807) is 6.92 Å². The van der Waals surface area contributed by atoms with Gasteiger partial charge >= 0.3 is 11.7 Å². The predicted octanol–water partition coefficient (Wildman–Crippen LogP) is 4.10. The average Bonchev–Trinajstić information content (AvgIpc) is 3.21. The van der Waals surface area contributed by atoms with E-state index in [0.29, 0.717) is 5.56 Å². The van der Waals surface area contributed by atoms with E-state index in [2.05, 4.69) is 31.9 Å². The van der Waals surface area contributed by atoms with Crippen LogP contribution in [0.4, 0.5) is 5.69 Å². The van der Waals surface area contributed by atoms with Crippen molar-refractivity contribution >= 4 is 43.5 Å². The molecule has 0 bridgehead atoms. The predicted molar refractivity (Wildman–Crippen MR) is 83.3 cm³/mol. The fourth-order valence-electron chi connectivity index (χ4n) is 1.75. The van der Waals surface area contributed by atoms with E-state index in [1.165, 1.54) is 12.1 Å². The van der Waals surface area contributed by atoms with Gasteiger partial charge in [-0.2, -0.15) is 0 Å². The van der Waals surface area contributed by atoms with Crippen LogP contribution in [0.1, 0.15) is 39.4 Å². The summed E-state index contributed by atoms with van der Waals surface area (Å²) in [6, 6.07) is 2.72. The molecular formula is C13H13Br2NO5. The highest BCUT2D eigenvalue weighted by Crippen LogP contribution is 2.41. The summed E-state index contributed by atoms with van der Waals surface area (Å²) >= 11 is 6.54. The average molecular weight is 423 g/mol. The summed E-state index contributed by atoms with van der Waals surface area (Å²) in [6.45, 7) is 1.92. The Morgan fingerprint density at radius 2 is 2.14 bits per heavy atom. The fourth-order valence-corrected chi connectivity index (χ4v) is 2.51. The molecule has 1 saturated carbocycles. The molecule has 0 atom stereocenters. The van der Waals surface area contributed by atoms with Crippen LogP contribution in [0.5, 0.6) is 5.75 Å². The van der Waals surface area contributed by atoms with Crippen LogP contribution < -0.4 is 4.74 Å². The largest absolute Gasteiger partial charge is 0.483 e. The topological polar surface area (TPSA) is 78.7 Å². The lowest BCUT2D eigenvalue weighted by molar-refractivity contribution is -0.386. The summed E-state index contributed by atoms with van der Waals surface area (Å²) < 4.78 is 10.1. The van der Waals surface area contributed by atoms with Gasteiger partial charge in [0.05, 0.1) is 26.9 Å². The van der Waals surface area contributed by atoms with E-state index in [0.717, 1.165) is 12.8 Å². The molecule has 0 aliphatic heterocycles. The Kier molecular flexibility index (Phi) is 5.21. The number of carbonyl (C=O) groups is 1.